The molecule has 0 saturated heterocycles. The van der Waals surface area contributed by atoms with Crippen LogP contribution in [0.25, 0.3) is 0 Å². The number of anilines is 4. The van der Waals surface area contributed by atoms with Gasteiger partial charge in [0.15, 0.2) is 0 Å². The minimum Gasteiger partial charge on any atom is -0.326 e. The van der Waals surface area contributed by atoms with Gasteiger partial charge in [0.05, 0.1) is 11.5 Å². The van der Waals surface area contributed by atoms with Gasteiger partial charge in [0.1, 0.15) is 5.82 Å². The Bertz CT molecular complexity index is 1190. The molecule has 152 valence electrons. The van der Waals surface area contributed by atoms with E-state index in [-0.39, 0.29) is 23.8 Å². The third kappa shape index (κ3) is 4.18. The maximum atomic E-state index is 12.8. The Kier molecular flexibility index (Phi) is 5.24. The summed E-state index contributed by atoms with van der Waals surface area (Å²) in [6, 6.07) is 14.1. The SMILES string of the molecule is Cc1ccc(NC(=O)C2CC(=O)Nc3nc(Nc4cccc(Cl)c4)[nH]c(=O)c32)cc1. The first kappa shape index (κ1) is 19.7. The fraction of sp³-hybridized carbons (Fsp3) is 0.143. The fourth-order valence-corrected chi connectivity index (χ4v) is 3.41. The summed E-state index contributed by atoms with van der Waals surface area (Å²) < 4.78 is 0. The molecule has 0 fully saturated rings. The number of fused-ring (bicyclic) bond motifs is 1. The number of carbonyl (C=O) groups is 2. The molecule has 3 aromatic rings. The van der Waals surface area contributed by atoms with Gasteiger partial charge in [0.25, 0.3) is 5.56 Å². The van der Waals surface area contributed by atoms with E-state index < -0.39 is 23.3 Å². The monoisotopic (exact) mass is 423 g/mol. The molecule has 4 rings (SSSR count). The lowest BCUT2D eigenvalue weighted by Gasteiger charge is -2.23. The van der Waals surface area contributed by atoms with Crippen LogP contribution in [0.1, 0.15) is 23.5 Å². The van der Waals surface area contributed by atoms with Crippen molar-refractivity contribution in [1.29, 1.82) is 0 Å². The maximum Gasteiger partial charge on any atom is 0.258 e. The summed E-state index contributed by atoms with van der Waals surface area (Å²) in [6.45, 7) is 1.94. The van der Waals surface area contributed by atoms with Crippen molar-refractivity contribution in [1.82, 2.24) is 9.97 Å². The molecule has 1 aliphatic rings. The number of aromatic nitrogens is 2. The first-order valence-electron chi connectivity index (χ1n) is 9.23. The number of halogens is 1. The number of amides is 2. The van der Waals surface area contributed by atoms with E-state index in [2.05, 4.69) is 25.9 Å². The number of benzene rings is 2. The minimum atomic E-state index is -0.952. The molecule has 0 saturated carbocycles. The van der Waals surface area contributed by atoms with E-state index in [1.807, 2.05) is 19.1 Å². The summed E-state index contributed by atoms with van der Waals surface area (Å²) in [5.74, 6) is -1.60. The van der Waals surface area contributed by atoms with Crippen LogP contribution in [0.4, 0.5) is 23.1 Å². The van der Waals surface area contributed by atoms with Gasteiger partial charge >= 0.3 is 0 Å². The van der Waals surface area contributed by atoms with E-state index in [1.165, 1.54) is 0 Å². The van der Waals surface area contributed by atoms with Crippen LogP contribution >= 0.6 is 11.6 Å². The summed E-state index contributed by atoms with van der Waals surface area (Å²) in [5.41, 5.74) is 1.86. The highest BCUT2D eigenvalue weighted by Gasteiger charge is 2.34. The second kappa shape index (κ2) is 8.00. The van der Waals surface area contributed by atoms with Crippen molar-refractivity contribution in [2.45, 2.75) is 19.3 Å². The number of nitrogens with zero attached hydrogens (tertiary/aromatic N) is 1. The van der Waals surface area contributed by atoms with E-state index in [9.17, 15) is 14.4 Å². The van der Waals surface area contributed by atoms with Crippen molar-refractivity contribution < 1.29 is 9.59 Å². The Hall–Kier alpha value is -3.65. The minimum absolute atomic E-state index is 0.0589. The Morgan fingerprint density at radius 2 is 1.90 bits per heavy atom. The lowest BCUT2D eigenvalue weighted by molar-refractivity contribution is -0.123. The predicted molar refractivity (Wildman–Crippen MR) is 115 cm³/mol. The van der Waals surface area contributed by atoms with Gasteiger partial charge in [-0.15, -0.1) is 0 Å². The van der Waals surface area contributed by atoms with Gasteiger partial charge in [-0.25, -0.2) is 0 Å². The number of carbonyl (C=O) groups excluding carboxylic acids is 2. The molecule has 2 aromatic carbocycles. The number of hydrogen-bond acceptors (Lipinski definition) is 5. The van der Waals surface area contributed by atoms with Crippen molar-refractivity contribution in [2.24, 2.45) is 0 Å². The van der Waals surface area contributed by atoms with Gasteiger partial charge in [0.2, 0.25) is 17.8 Å². The fourth-order valence-electron chi connectivity index (χ4n) is 3.22. The lowest BCUT2D eigenvalue weighted by atomic mass is 9.92. The summed E-state index contributed by atoms with van der Waals surface area (Å²) in [4.78, 5) is 44.7. The van der Waals surface area contributed by atoms with Crippen LogP contribution in [0.3, 0.4) is 0 Å². The smallest absolute Gasteiger partial charge is 0.258 e. The molecule has 4 N–H and O–H groups in total. The van der Waals surface area contributed by atoms with Crippen molar-refractivity contribution >= 4 is 46.6 Å². The standard InChI is InChI=1S/C21H18ClN5O3/c1-11-5-7-13(8-6-11)23-19(29)15-10-16(28)25-18-17(15)20(30)27-21(26-18)24-14-4-2-3-12(22)9-14/h2-9,15H,10H2,1H3,(H,23,29)(H3,24,25,26,27,28,30). The van der Waals surface area contributed by atoms with Crippen LogP contribution in [-0.4, -0.2) is 21.8 Å². The lowest BCUT2D eigenvalue weighted by Crippen LogP contribution is -2.36. The predicted octanol–water partition coefficient (Wildman–Crippen LogP) is 3.54. The molecule has 0 radical (unpaired) electrons. The molecule has 0 bridgehead atoms. The maximum absolute atomic E-state index is 12.8. The van der Waals surface area contributed by atoms with Crippen LogP contribution in [-0.2, 0) is 9.59 Å². The van der Waals surface area contributed by atoms with Gasteiger partial charge in [-0.3, -0.25) is 19.4 Å². The van der Waals surface area contributed by atoms with Crippen molar-refractivity contribution in [2.75, 3.05) is 16.0 Å². The zero-order valence-electron chi connectivity index (χ0n) is 16.0. The van der Waals surface area contributed by atoms with E-state index in [0.29, 0.717) is 16.4 Å². The van der Waals surface area contributed by atoms with Gasteiger partial charge < -0.3 is 16.0 Å². The summed E-state index contributed by atoms with van der Waals surface area (Å²) in [7, 11) is 0. The molecule has 8 nitrogen and oxygen atoms in total. The Morgan fingerprint density at radius 3 is 2.63 bits per heavy atom. The summed E-state index contributed by atoms with van der Waals surface area (Å²) in [6.07, 6.45) is -0.142. The summed E-state index contributed by atoms with van der Waals surface area (Å²) >= 11 is 5.97. The summed E-state index contributed by atoms with van der Waals surface area (Å²) in [5, 5.41) is 8.79. The van der Waals surface area contributed by atoms with Crippen LogP contribution < -0.4 is 21.5 Å². The molecule has 1 atom stereocenters. The molecule has 0 aliphatic carbocycles. The highest BCUT2D eigenvalue weighted by Crippen LogP contribution is 2.30. The van der Waals surface area contributed by atoms with Crippen LogP contribution in [0.15, 0.2) is 53.3 Å². The highest BCUT2D eigenvalue weighted by atomic mass is 35.5. The quantitative estimate of drug-likeness (QED) is 0.512. The Balaban J connectivity index is 1.63. The zero-order chi connectivity index (χ0) is 21.3. The van der Waals surface area contributed by atoms with Crippen molar-refractivity contribution in [3.8, 4) is 0 Å². The molecular formula is C21H18ClN5O3. The van der Waals surface area contributed by atoms with Gasteiger partial charge in [-0.1, -0.05) is 35.4 Å². The number of hydrogen-bond donors (Lipinski definition) is 4. The number of H-pyrrole nitrogens is 1. The number of nitrogens with one attached hydrogen (secondary N) is 4. The molecular weight excluding hydrogens is 406 g/mol. The number of aromatic amines is 1. The van der Waals surface area contributed by atoms with E-state index in [0.717, 1.165) is 5.56 Å². The first-order valence-corrected chi connectivity index (χ1v) is 9.61. The number of rotatable bonds is 4. The molecule has 1 aliphatic heterocycles. The van der Waals surface area contributed by atoms with E-state index >= 15 is 0 Å². The van der Waals surface area contributed by atoms with Crippen molar-refractivity contribution in [3.05, 3.63) is 75.0 Å². The third-order valence-corrected chi connectivity index (χ3v) is 4.91. The Morgan fingerprint density at radius 1 is 1.13 bits per heavy atom. The van der Waals surface area contributed by atoms with E-state index in [1.54, 1.807) is 36.4 Å². The second-order valence-electron chi connectivity index (χ2n) is 6.97. The molecule has 0 spiro atoms. The molecule has 2 heterocycles. The number of aryl methyl sites for hydroxylation is 1. The normalized spacial score (nSPS) is 15.1. The van der Waals surface area contributed by atoms with Crippen LogP contribution in [0.5, 0.6) is 0 Å². The molecule has 9 heteroatoms. The molecule has 2 amide bonds. The highest BCUT2D eigenvalue weighted by molar-refractivity contribution is 6.30. The first-order chi connectivity index (χ1) is 14.4. The van der Waals surface area contributed by atoms with Crippen LogP contribution in [0.2, 0.25) is 5.02 Å². The van der Waals surface area contributed by atoms with E-state index in [4.69, 9.17) is 11.6 Å². The second-order valence-corrected chi connectivity index (χ2v) is 7.41. The van der Waals surface area contributed by atoms with Gasteiger partial charge in [0, 0.05) is 22.8 Å². The zero-order valence-corrected chi connectivity index (χ0v) is 16.7. The average Bonchev–Trinajstić information content (AvgIpc) is 2.68. The molecule has 1 aromatic heterocycles. The largest absolute Gasteiger partial charge is 0.326 e. The topological polar surface area (TPSA) is 116 Å². The average molecular weight is 424 g/mol. The van der Waals surface area contributed by atoms with Gasteiger partial charge in [-0.05, 0) is 37.3 Å². The molecule has 1 unspecified atom stereocenters. The van der Waals surface area contributed by atoms with Gasteiger partial charge in [-0.2, -0.15) is 4.98 Å². The Labute approximate surface area is 176 Å². The molecule has 30 heavy (non-hydrogen) atoms. The third-order valence-electron chi connectivity index (χ3n) is 4.67. The van der Waals surface area contributed by atoms with Crippen molar-refractivity contribution in [3.63, 3.8) is 0 Å². The van der Waals surface area contributed by atoms with Crippen LogP contribution in [0, 0.1) is 6.92 Å².